The zero-order valence-corrected chi connectivity index (χ0v) is 20.3. The SMILES string of the molecule is CCS(=O)C1CCCC(NC(=NC)NCCNc2ncc(Cl)cc2Cl)C1.I. The minimum Gasteiger partial charge on any atom is -0.367 e. The molecule has 3 unspecified atom stereocenters. The quantitative estimate of drug-likeness (QED) is 0.210. The molecule has 3 atom stereocenters. The van der Waals surface area contributed by atoms with Crippen LogP contribution in [-0.2, 0) is 10.8 Å². The number of hydrogen-bond donors (Lipinski definition) is 3. The van der Waals surface area contributed by atoms with Crippen molar-refractivity contribution in [2.75, 3.05) is 31.2 Å². The van der Waals surface area contributed by atoms with Gasteiger partial charge in [0.1, 0.15) is 5.82 Å². The molecule has 2 rings (SSSR count). The van der Waals surface area contributed by atoms with Gasteiger partial charge >= 0.3 is 0 Å². The van der Waals surface area contributed by atoms with Crippen LogP contribution >= 0.6 is 47.2 Å². The van der Waals surface area contributed by atoms with E-state index in [4.69, 9.17) is 23.2 Å². The third kappa shape index (κ3) is 8.29. The Morgan fingerprint density at radius 2 is 2.15 bits per heavy atom. The molecular weight excluding hydrogens is 520 g/mol. The van der Waals surface area contributed by atoms with Gasteiger partial charge in [-0.25, -0.2) is 4.98 Å². The third-order valence-electron chi connectivity index (χ3n) is 4.36. The number of hydrogen-bond acceptors (Lipinski definition) is 4. The standard InChI is InChI=1S/C17H27Cl2N5OS.HI/c1-3-26(25)14-6-4-5-13(10-14)24-17(20-2)22-8-7-21-16-15(19)9-12(18)11-23-16;/h9,11,13-14H,3-8,10H2,1-2H3,(H,21,23)(H2,20,22,24);1H. The molecule has 1 saturated carbocycles. The van der Waals surface area contributed by atoms with Crippen molar-refractivity contribution in [2.24, 2.45) is 4.99 Å². The molecule has 154 valence electrons. The third-order valence-corrected chi connectivity index (χ3v) is 6.60. The molecule has 1 heterocycles. The second kappa shape index (κ2) is 13.0. The first-order chi connectivity index (χ1) is 12.5. The lowest BCUT2D eigenvalue weighted by Gasteiger charge is -2.30. The topological polar surface area (TPSA) is 78.4 Å². The van der Waals surface area contributed by atoms with E-state index in [0.717, 1.165) is 37.4 Å². The fourth-order valence-electron chi connectivity index (χ4n) is 3.04. The van der Waals surface area contributed by atoms with Crippen molar-refractivity contribution in [3.63, 3.8) is 0 Å². The Labute approximate surface area is 191 Å². The van der Waals surface area contributed by atoms with Crippen LogP contribution in [0.15, 0.2) is 17.3 Å². The first-order valence-electron chi connectivity index (χ1n) is 8.92. The molecule has 0 aliphatic heterocycles. The Balaban J connectivity index is 0.00000364. The first kappa shape index (κ1) is 24.7. The lowest BCUT2D eigenvalue weighted by molar-refractivity contribution is 0.413. The van der Waals surface area contributed by atoms with Crippen LogP contribution in [0.1, 0.15) is 32.6 Å². The summed E-state index contributed by atoms with van der Waals surface area (Å²) in [6.07, 6.45) is 5.74. The molecule has 1 aromatic heterocycles. The molecule has 27 heavy (non-hydrogen) atoms. The Kier molecular flexibility index (Phi) is 11.9. The molecule has 1 aliphatic carbocycles. The summed E-state index contributed by atoms with van der Waals surface area (Å²) in [6, 6.07) is 1.97. The largest absolute Gasteiger partial charge is 0.367 e. The monoisotopic (exact) mass is 547 g/mol. The van der Waals surface area contributed by atoms with Crippen LogP contribution in [-0.4, -0.2) is 52.3 Å². The van der Waals surface area contributed by atoms with E-state index in [0.29, 0.717) is 40.2 Å². The fraction of sp³-hybridized carbons (Fsp3) is 0.647. The van der Waals surface area contributed by atoms with Crippen molar-refractivity contribution < 1.29 is 4.21 Å². The fourth-order valence-corrected chi connectivity index (χ4v) is 4.84. The number of anilines is 1. The predicted molar refractivity (Wildman–Crippen MR) is 127 cm³/mol. The van der Waals surface area contributed by atoms with E-state index in [1.54, 1.807) is 19.3 Å². The van der Waals surface area contributed by atoms with E-state index in [1.807, 2.05) is 6.92 Å². The van der Waals surface area contributed by atoms with Crippen molar-refractivity contribution >= 4 is 69.8 Å². The maximum atomic E-state index is 12.1. The normalized spacial score (nSPS) is 21.1. The van der Waals surface area contributed by atoms with Crippen molar-refractivity contribution in [3.8, 4) is 0 Å². The first-order valence-corrected chi connectivity index (χ1v) is 11.1. The second-order valence-electron chi connectivity index (χ2n) is 6.21. The van der Waals surface area contributed by atoms with Gasteiger partial charge in [-0.2, -0.15) is 0 Å². The maximum absolute atomic E-state index is 12.1. The summed E-state index contributed by atoms with van der Waals surface area (Å²) < 4.78 is 12.1. The summed E-state index contributed by atoms with van der Waals surface area (Å²) >= 11 is 11.9. The van der Waals surface area contributed by atoms with Gasteiger partial charge in [-0.1, -0.05) is 36.5 Å². The van der Waals surface area contributed by atoms with Crippen LogP contribution < -0.4 is 16.0 Å². The van der Waals surface area contributed by atoms with Crippen LogP contribution in [0.5, 0.6) is 0 Å². The van der Waals surface area contributed by atoms with E-state index in [-0.39, 0.29) is 24.0 Å². The van der Waals surface area contributed by atoms with Crippen LogP contribution in [0.2, 0.25) is 10.0 Å². The molecule has 1 fully saturated rings. The Morgan fingerprint density at radius 1 is 1.37 bits per heavy atom. The van der Waals surface area contributed by atoms with Crippen molar-refractivity contribution in [3.05, 3.63) is 22.3 Å². The lowest BCUT2D eigenvalue weighted by atomic mass is 9.95. The molecule has 1 aromatic rings. The molecule has 0 radical (unpaired) electrons. The number of rotatable bonds is 7. The number of halogens is 3. The van der Waals surface area contributed by atoms with Crippen molar-refractivity contribution in [1.82, 2.24) is 15.6 Å². The molecule has 0 amide bonds. The predicted octanol–water partition coefficient (Wildman–Crippen LogP) is 3.66. The maximum Gasteiger partial charge on any atom is 0.191 e. The smallest absolute Gasteiger partial charge is 0.191 e. The van der Waals surface area contributed by atoms with Crippen molar-refractivity contribution in [1.29, 1.82) is 0 Å². The molecule has 6 nitrogen and oxygen atoms in total. The highest BCUT2D eigenvalue weighted by molar-refractivity contribution is 14.0. The van der Waals surface area contributed by atoms with E-state index in [9.17, 15) is 4.21 Å². The highest BCUT2D eigenvalue weighted by Crippen LogP contribution is 2.23. The lowest BCUT2D eigenvalue weighted by Crippen LogP contribution is -2.47. The van der Waals surface area contributed by atoms with Crippen LogP contribution in [0, 0.1) is 0 Å². The van der Waals surface area contributed by atoms with Crippen molar-refractivity contribution in [2.45, 2.75) is 43.9 Å². The summed E-state index contributed by atoms with van der Waals surface area (Å²) in [6.45, 7) is 3.29. The van der Waals surface area contributed by atoms with E-state index >= 15 is 0 Å². The number of guanidine groups is 1. The van der Waals surface area contributed by atoms with Crippen LogP contribution in [0.3, 0.4) is 0 Å². The molecule has 0 bridgehead atoms. The van der Waals surface area contributed by atoms with Gasteiger partial charge in [0.25, 0.3) is 0 Å². The number of aliphatic imine (C=N–C) groups is 1. The summed E-state index contributed by atoms with van der Waals surface area (Å²) in [5, 5.41) is 11.2. The molecule has 0 aromatic carbocycles. The van der Waals surface area contributed by atoms with Gasteiger partial charge < -0.3 is 16.0 Å². The summed E-state index contributed by atoms with van der Waals surface area (Å²) in [5.41, 5.74) is 0. The molecule has 0 spiro atoms. The number of aromatic nitrogens is 1. The highest BCUT2D eigenvalue weighted by Gasteiger charge is 2.25. The molecule has 10 heteroatoms. The van der Waals surface area contributed by atoms with Gasteiger partial charge in [0, 0.05) is 54.2 Å². The van der Waals surface area contributed by atoms with Gasteiger partial charge in [0.2, 0.25) is 0 Å². The zero-order chi connectivity index (χ0) is 18.9. The Hall–Kier alpha value is -0.320. The second-order valence-corrected chi connectivity index (χ2v) is 9.06. The number of nitrogens with zero attached hydrogens (tertiary/aromatic N) is 2. The minimum absolute atomic E-state index is 0. The van der Waals surface area contributed by atoms with Crippen LogP contribution in [0.25, 0.3) is 0 Å². The Bertz CT molecular complexity index is 650. The average Bonchev–Trinajstić information content (AvgIpc) is 2.65. The van der Waals surface area contributed by atoms with Gasteiger partial charge in [-0.3, -0.25) is 9.20 Å². The van der Waals surface area contributed by atoms with Gasteiger partial charge in [-0.05, 0) is 25.3 Å². The number of nitrogens with one attached hydrogen (secondary N) is 3. The summed E-state index contributed by atoms with van der Waals surface area (Å²) in [5.74, 6) is 2.10. The Morgan fingerprint density at radius 3 is 2.81 bits per heavy atom. The molecule has 0 saturated heterocycles. The van der Waals surface area contributed by atoms with Crippen LogP contribution in [0.4, 0.5) is 5.82 Å². The van der Waals surface area contributed by atoms with Gasteiger partial charge in [0.05, 0.1) is 10.0 Å². The highest BCUT2D eigenvalue weighted by atomic mass is 127. The minimum atomic E-state index is -0.722. The zero-order valence-electron chi connectivity index (χ0n) is 15.6. The van der Waals surface area contributed by atoms with E-state index in [2.05, 4.69) is 25.9 Å². The number of pyridine rings is 1. The van der Waals surface area contributed by atoms with Gasteiger partial charge in [-0.15, -0.1) is 24.0 Å². The van der Waals surface area contributed by atoms with E-state index in [1.165, 1.54) is 0 Å². The summed E-state index contributed by atoms with van der Waals surface area (Å²) in [7, 11) is 1.03. The average molecular weight is 548 g/mol. The summed E-state index contributed by atoms with van der Waals surface area (Å²) in [4.78, 5) is 8.44. The van der Waals surface area contributed by atoms with E-state index < -0.39 is 10.8 Å². The molecule has 1 aliphatic rings. The van der Waals surface area contributed by atoms with Gasteiger partial charge in [0.15, 0.2) is 5.96 Å². The molecular formula is C17H28Cl2IN5OS. The molecule has 3 N–H and O–H groups in total.